The van der Waals surface area contributed by atoms with Crippen LogP contribution in [0, 0.1) is 0 Å². The summed E-state index contributed by atoms with van der Waals surface area (Å²) in [6.07, 6.45) is 0. The lowest BCUT2D eigenvalue weighted by molar-refractivity contribution is 0.0954. The summed E-state index contributed by atoms with van der Waals surface area (Å²) in [4.78, 5) is 12.0. The van der Waals surface area contributed by atoms with Crippen molar-refractivity contribution in [3.8, 4) is 0 Å². The molecule has 2 aromatic carbocycles. The third kappa shape index (κ3) is 3.77. The zero-order valence-electron chi connectivity index (χ0n) is 10.7. The van der Waals surface area contributed by atoms with Crippen molar-refractivity contribution in [3.63, 3.8) is 0 Å². The van der Waals surface area contributed by atoms with E-state index in [1.165, 1.54) is 0 Å². The van der Waals surface area contributed by atoms with Crippen LogP contribution in [-0.4, -0.2) is 11.6 Å². The largest absolute Gasteiger partial charge is 0.272 e. The van der Waals surface area contributed by atoms with Crippen LogP contribution in [0.4, 0.5) is 0 Å². The fourth-order valence-electron chi connectivity index (χ4n) is 1.60. The highest BCUT2D eigenvalue weighted by atomic mass is 79.9. The van der Waals surface area contributed by atoms with Gasteiger partial charge in [0, 0.05) is 8.95 Å². The molecule has 0 unspecified atom stereocenters. The molecule has 0 fully saturated rings. The molecule has 0 aliphatic rings. The number of benzene rings is 2. The number of amides is 1. The van der Waals surface area contributed by atoms with Gasteiger partial charge in [-0.1, -0.05) is 40.2 Å². The number of rotatable bonds is 3. The molecule has 0 atom stereocenters. The minimum atomic E-state index is -0.242. The lowest BCUT2D eigenvalue weighted by Gasteiger charge is -2.04. The molecule has 3 nitrogen and oxygen atoms in total. The average Bonchev–Trinajstić information content (AvgIpc) is 2.45. The van der Waals surface area contributed by atoms with Crippen molar-refractivity contribution >= 4 is 43.5 Å². The summed E-state index contributed by atoms with van der Waals surface area (Å²) in [5.74, 6) is -0.242. The Hall–Kier alpha value is -1.46. The third-order valence-corrected chi connectivity index (χ3v) is 3.93. The summed E-state index contributed by atoms with van der Waals surface area (Å²) in [5, 5.41) is 4.12. The normalized spacial score (nSPS) is 11.2. The van der Waals surface area contributed by atoms with E-state index in [0.29, 0.717) is 5.56 Å². The second-order valence-electron chi connectivity index (χ2n) is 4.12. The van der Waals surface area contributed by atoms with Gasteiger partial charge < -0.3 is 0 Å². The van der Waals surface area contributed by atoms with Gasteiger partial charge in [0.15, 0.2) is 0 Å². The highest BCUT2D eigenvalue weighted by Gasteiger charge is 2.08. The number of carbonyl (C=O) groups excluding carboxylic acids is 1. The zero-order chi connectivity index (χ0) is 14.5. The average molecular weight is 396 g/mol. The Morgan fingerprint density at radius 2 is 1.70 bits per heavy atom. The van der Waals surface area contributed by atoms with Crippen molar-refractivity contribution in [2.24, 2.45) is 5.10 Å². The summed E-state index contributed by atoms with van der Waals surface area (Å²) in [5.41, 5.74) is 4.82. The summed E-state index contributed by atoms with van der Waals surface area (Å²) < 4.78 is 1.75. The molecule has 2 aromatic rings. The fourth-order valence-corrected chi connectivity index (χ4v) is 2.33. The van der Waals surface area contributed by atoms with Gasteiger partial charge in [0.2, 0.25) is 0 Å². The van der Waals surface area contributed by atoms with Crippen LogP contribution in [0.3, 0.4) is 0 Å². The van der Waals surface area contributed by atoms with E-state index in [-0.39, 0.29) is 5.91 Å². The number of halogens is 2. The van der Waals surface area contributed by atoms with Gasteiger partial charge in [0.1, 0.15) is 0 Å². The molecule has 0 aromatic heterocycles. The third-order valence-electron chi connectivity index (χ3n) is 2.71. The van der Waals surface area contributed by atoms with Crippen LogP contribution in [0.2, 0.25) is 0 Å². The molecule has 0 aliphatic heterocycles. The molecular weight excluding hydrogens is 384 g/mol. The van der Waals surface area contributed by atoms with E-state index in [2.05, 4.69) is 42.4 Å². The smallest absolute Gasteiger partial charge is 0.267 e. The molecule has 2 rings (SSSR count). The van der Waals surface area contributed by atoms with Gasteiger partial charge in [-0.3, -0.25) is 4.79 Å². The quantitative estimate of drug-likeness (QED) is 0.608. The maximum atomic E-state index is 12.0. The van der Waals surface area contributed by atoms with Crippen LogP contribution in [0.15, 0.2) is 62.6 Å². The highest BCUT2D eigenvalue weighted by molar-refractivity contribution is 9.10. The summed E-state index contributed by atoms with van der Waals surface area (Å²) in [7, 11) is 0. The predicted octanol–water partition coefficient (Wildman–Crippen LogP) is 4.37. The first-order valence-electron chi connectivity index (χ1n) is 5.93. The molecule has 0 spiro atoms. The molecule has 0 aliphatic carbocycles. The standard InChI is InChI=1S/C15H12Br2N2O/c1-10(11-6-8-12(16)9-7-11)18-19-15(20)13-4-2-3-5-14(13)17/h2-9H,1H3,(H,19,20)/b18-10-. The van der Waals surface area contributed by atoms with Crippen LogP contribution in [0.25, 0.3) is 0 Å². The van der Waals surface area contributed by atoms with Gasteiger partial charge in [-0.15, -0.1) is 0 Å². The van der Waals surface area contributed by atoms with E-state index < -0.39 is 0 Å². The second kappa shape index (κ2) is 6.81. The van der Waals surface area contributed by atoms with Crippen molar-refractivity contribution in [3.05, 3.63) is 68.6 Å². The molecule has 5 heteroatoms. The van der Waals surface area contributed by atoms with Crippen LogP contribution in [0.5, 0.6) is 0 Å². The Morgan fingerprint density at radius 1 is 1.05 bits per heavy atom. The molecule has 0 saturated heterocycles. The van der Waals surface area contributed by atoms with Crippen LogP contribution >= 0.6 is 31.9 Å². The number of nitrogens with zero attached hydrogens (tertiary/aromatic N) is 1. The Labute approximate surface area is 134 Å². The maximum Gasteiger partial charge on any atom is 0.272 e. The van der Waals surface area contributed by atoms with Gasteiger partial charge in [-0.05, 0) is 52.7 Å². The molecule has 1 amide bonds. The van der Waals surface area contributed by atoms with E-state index in [9.17, 15) is 4.79 Å². The van der Waals surface area contributed by atoms with Crippen LogP contribution < -0.4 is 5.43 Å². The SMILES string of the molecule is C/C(=N/NC(=O)c1ccccc1Br)c1ccc(Br)cc1. The fraction of sp³-hybridized carbons (Fsp3) is 0.0667. The lowest BCUT2D eigenvalue weighted by atomic mass is 10.1. The van der Waals surface area contributed by atoms with Gasteiger partial charge in [-0.25, -0.2) is 5.43 Å². The van der Waals surface area contributed by atoms with E-state index in [4.69, 9.17) is 0 Å². The summed E-state index contributed by atoms with van der Waals surface area (Å²) >= 11 is 6.72. The number of hydrogen-bond acceptors (Lipinski definition) is 2. The lowest BCUT2D eigenvalue weighted by Crippen LogP contribution is -2.19. The molecule has 20 heavy (non-hydrogen) atoms. The minimum absolute atomic E-state index is 0.242. The topological polar surface area (TPSA) is 41.5 Å². The van der Waals surface area contributed by atoms with Gasteiger partial charge in [0.05, 0.1) is 11.3 Å². The predicted molar refractivity (Wildman–Crippen MR) is 88.0 cm³/mol. The molecule has 102 valence electrons. The first-order valence-corrected chi connectivity index (χ1v) is 7.51. The van der Waals surface area contributed by atoms with E-state index in [1.54, 1.807) is 6.07 Å². The number of hydrogen-bond donors (Lipinski definition) is 1. The monoisotopic (exact) mass is 394 g/mol. The molecule has 0 saturated carbocycles. The van der Waals surface area contributed by atoms with Gasteiger partial charge in [-0.2, -0.15) is 5.10 Å². The Kier molecular flexibility index (Phi) is 5.09. The number of hydrazone groups is 1. The van der Waals surface area contributed by atoms with Crippen molar-refractivity contribution in [2.75, 3.05) is 0 Å². The number of nitrogens with one attached hydrogen (secondary N) is 1. The van der Waals surface area contributed by atoms with Crippen molar-refractivity contribution in [2.45, 2.75) is 6.92 Å². The molecule has 0 radical (unpaired) electrons. The Balaban J connectivity index is 2.11. The van der Waals surface area contributed by atoms with Crippen LogP contribution in [-0.2, 0) is 0 Å². The molecule has 0 heterocycles. The van der Waals surface area contributed by atoms with E-state index in [1.807, 2.05) is 49.4 Å². The van der Waals surface area contributed by atoms with E-state index in [0.717, 1.165) is 20.2 Å². The Bertz CT molecular complexity index is 651. The maximum absolute atomic E-state index is 12.0. The Morgan fingerprint density at radius 3 is 2.35 bits per heavy atom. The minimum Gasteiger partial charge on any atom is -0.267 e. The molecule has 0 bridgehead atoms. The summed E-state index contributed by atoms with van der Waals surface area (Å²) in [6.45, 7) is 1.85. The van der Waals surface area contributed by atoms with E-state index >= 15 is 0 Å². The zero-order valence-corrected chi connectivity index (χ0v) is 13.9. The summed E-state index contributed by atoms with van der Waals surface area (Å²) in [6, 6.07) is 15.0. The first kappa shape index (κ1) is 14.9. The number of carbonyl (C=O) groups is 1. The van der Waals surface area contributed by atoms with Crippen molar-refractivity contribution in [1.29, 1.82) is 0 Å². The second-order valence-corrected chi connectivity index (χ2v) is 5.89. The first-order chi connectivity index (χ1) is 9.58. The van der Waals surface area contributed by atoms with Gasteiger partial charge in [0.25, 0.3) is 5.91 Å². The molecular formula is C15H12Br2N2O. The van der Waals surface area contributed by atoms with Crippen LogP contribution in [0.1, 0.15) is 22.8 Å². The van der Waals surface area contributed by atoms with Crippen molar-refractivity contribution in [1.82, 2.24) is 5.43 Å². The van der Waals surface area contributed by atoms with Crippen molar-refractivity contribution < 1.29 is 4.79 Å². The highest BCUT2D eigenvalue weighted by Crippen LogP contribution is 2.15. The van der Waals surface area contributed by atoms with Gasteiger partial charge >= 0.3 is 0 Å². The molecule has 1 N–H and O–H groups in total.